The number of aryl methyl sites for hydroxylation is 1. The highest BCUT2D eigenvalue weighted by Crippen LogP contribution is 2.36. The first-order valence-electron chi connectivity index (χ1n) is 11.1. The van der Waals surface area contributed by atoms with Crippen molar-refractivity contribution >= 4 is 44.2 Å². The fourth-order valence-corrected chi connectivity index (χ4v) is 5.12. The average Bonchev–Trinajstić information content (AvgIpc) is 3.43. The maximum absolute atomic E-state index is 13.8. The van der Waals surface area contributed by atoms with E-state index in [1.54, 1.807) is 16.0 Å². The summed E-state index contributed by atoms with van der Waals surface area (Å²) in [5.41, 5.74) is 3.65. The van der Waals surface area contributed by atoms with Crippen LogP contribution < -0.4 is 4.90 Å². The lowest BCUT2D eigenvalue weighted by Crippen LogP contribution is -2.34. The molecule has 7 heteroatoms. The minimum atomic E-state index is -0.431. The smallest absolute Gasteiger partial charge is 0.238 e. The summed E-state index contributed by atoms with van der Waals surface area (Å²) in [6.07, 6.45) is 2.84. The molecular formula is C26H24N4O2S. The Balaban J connectivity index is 1.45. The molecule has 4 aromatic rings. The number of nitrogens with zero attached hydrogens (tertiary/aromatic N) is 4. The molecular weight excluding hydrogens is 432 g/mol. The summed E-state index contributed by atoms with van der Waals surface area (Å²) in [7, 11) is 0. The Labute approximate surface area is 196 Å². The van der Waals surface area contributed by atoms with Gasteiger partial charge in [-0.15, -0.1) is 0 Å². The molecule has 2 amide bonds. The van der Waals surface area contributed by atoms with Gasteiger partial charge in [0.2, 0.25) is 11.8 Å². The highest BCUT2D eigenvalue weighted by molar-refractivity contribution is 7.22. The maximum Gasteiger partial charge on any atom is 0.238 e. The number of thiazole rings is 1. The number of carbonyl (C=O) groups is 2. The van der Waals surface area contributed by atoms with Gasteiger partial charge in [-0.05, 0) is 48.4 Å². The summed E-state index contributed by atoms with van der Waals surface area (Å²) in [6, 6.07) is 21.5. The van der Waals surface area contributed by atoms with E-state index in [9.17, 15) is 9.59 Å². The summed E-state index contributed by atoms with van der Waals surface area (Å²) >= 11 is 1.49. The van der Waals surface area contributed by atoms with Crippen molar-refractivity contribution in [1.82, 2.24) is 14.9 Å². The number of rotatable bonds is 6. The summed E-state index contributed by atoms with van der Waals surface area (Å²) in [6.45, 7) is 2.89. The molecule has 0 aliphatic carbocycles. The maximum atomic E-state index is 13.8. The number of anilines is 2. The van der Waals surface area contributed by atoms with Crippen molar-refractivity contribution < 1.29 is 9.59 Å². The van der Waals surface area contributed by atoms with Crippen molar-refractivity contribution in [2.75, 3.05) is 11.4 Å². The molecule has 0 N–H and O–H groups in total. The Morgan fingerprint density at radius 1 is 1.09 bits per heavy atom. The van der Waals surface area contributed by atoms with Gasteiger partial charge in [-0.1, -0.05) is 48.6 Å². The van der Waals surface area contributed by atoms with Crippen LogP contribution in [0.5, 0.6) is 0 Å². The third kappa shape index (κ3) is 4.36. The fourth-order valence-electron chi connectivity index (χ4n) is 4.13. The van der Waals surface area contributed by atoms with E-state index in [0.717, 1.165) is 28.0 Å². The second kappa shape index (κ2) is 9.11. The van der Waals surface area contributed by atoms with Crippen LogP contribution in [0.25, 0.3) is 10.2 Å². The minimum Gasteiger partial charge on any atom is -0.336 e. The second-order valence-corrected chi connectivity index (χ2v) is 9.16. The highest BCUT2D eigenvalue weighted by atomic mass is 32.1. The van der Waals surface area contributed by atoms with Crippen molar-refractivity contribution in [1.29, 1.82) is 0 Å². The van der Waals surface area contributed by atoms with E-state index in [0.29, 0.717) is 18.2 Å². The molecule has 1 fully saturated rings. The molecule has 166 valence electrons. The number of fused-ring (bicyclic) bond motifs is 1. The molecule has 1 saturated heterocycles. The van der Waals surface area contributed by atoms with E-state index in [1.165, 1.54) is 16.9 Å². The number of likely N-dealkylation sites (tertiary alicyclic amines) is 1. The lowest BCUT2D eigenvalue weighted by molar-refractivity contribution is -0.128. The topological polar surface area (TPSA) is 66.4 Å². The van der Waals surface area contributed by atoms with Crippen molar-refractivity contribution in [3.8, 4) is 0 Å². The SMILES string of the molecule is CCc1ccc(N(C(=O)C2CC(=O)N(Cc3ccccn3)C2)c2nc3ccccc3s2)cc1. The fraction of sp³-hybridized carbons (Fsp3) is 0.231. The van der Waals surface area contributed by atoms with E-state index in [2.05, 4.69) is 11.9 Å². The minimum absolute atomic E-state index is 0.0235. The van der Waals surface area contributed by atoms with Crippen LogP contribution in [0, 0.1) is 5.92 Å². The zero-order valence-corrected chi connectivity index (χ0v) is 19.2. The van der Waals surface area contributed by atoms with E-state index in [-0.39, 0.29) is 18.2 Å². The third-order valence-electron chi connectivity index (χ3n) is 5.94. The first-order chi connectivity index (χ1) is 16.1. The van der Waals surface area contributed by atoms with Gasteiger partial charge in [0, 0.05) is 19.2 Å². The Morgan fingerprint density at radius 3 is 2.61 bits per heavy atom. The quantitative estimate of drug-likeness (QED) is 0.411. The van der Waals surface area contributed by atoms with E-state index < -0.39 is 5.92 Å². The molecule has 1 aliphatic rings. The van der Waals surface area contributed by atoms with Crippen molar-refractivity contribution in [2.24, 2.45) is 5.92 Å². The van der Waals surface area contributed by atoms with E-state index in [1.807, 2.05) is 66.7 Å². The van der Waals surface area contributed by atoms with Crippen LogP contribution in [-0.4, -0.2) is 33.2 Å². The monoisotopic (exact) mass is 456 g/mol. The molecule has 2 aromatic carbocycles. The number of benzene rings is 2. The summed E-state index contributed by atoms with van der Waals surface area (Å²) in [5, 5.41) is 0.626. The van der Waals surface area contributed by atoms with Gasteiger partial charge in [-0.3, -0.25) is 19.5 Å². The molecule has 33 heavy (non-hydrogen) atoms. The lowest BCUT2D eigenvalue weighted by Gasteiger charge is -2.23. The average molecular weight is 457 g/mol. The standard InChI is InChI=1S/C26H24N4O2S/c1-2-18-10-12-21(13-11-18)30(26-28-22-8-3-4-9-23(22)33-26)25(32)19-15-24(31)29(16-19)17-20-7-5-6-14-27-20/h3-14,19H,2,15-17H2,1H3. The third-order valence-corrected chi connectivity index (χ3v) is 6.96. The number of carbonyl (C=O) groups excluding carboxylic acids is 2. The van der Waals surface area contributed by atoms with Gasteiger partial charge in [0.25, 0.3) is 0 Å². The predicted molar refractivity (Wildman–Crippen MR) is 130 cm³/mol. The zero-order valence-electron chi connectivity index (χ0n) is 18.3. The Morgan fingerprint density at radius 2 is 1.88 bits per heavy atom. The largest absolute Gasteiger partial charge is 0.336 e. The summed E-state index contributed by atoms with van der Waals surface area (Å²) in [5.74, 6) is -0.557. The number of para-hydroxylation sites is 1. The van der Waals surface area contributed by atoms with Crippen LogP contribution in [0.2, 0.25) is 0 Å². The molecule has 2 aromatic heterocycles. The van der Waals surface area contributed by atoms with Crippen LogP contribution in [0.1, 0.15) is 24.6 Å². The molecule has 1 atom stereocenters. The van der Waals surface area contributed by atoms with Gasteiger partial charge in [0.05, 0.1) is 34.1 Å². The number of amides is 2. The highest BCUT2D eigenvalue weighted by Gasteiger charge is 2.38. The molecule has 0 spiro atoms. The van der Waals surface area contributed by atoms with Crippen LogP contribution in [0.15, 0.2) is 72.9 Å². The van der Waals surface area contributed by atoms with Gasteiger partial charge in [0.15, 0.2) is 5.13 Å². The summed E-state index contributed by atoms with van der Waals surface area (Å²) < 4.78 is 1.02. The first kappa shape index (κ1) is 21.3. The molecule has 3 heterocycles. The van der Waals surface area contributed by atoms with Crippen LogP contribution in [0.4, 0.5) is 10.8 Å². The Hall–Kier alpha value is -3.58. The summed E-state index contributed by atoms with van der Waals surface area (Å²) in [4.78, 5) is 39.0. The van der Waals surface area contributed by atoms with Crippen molar-refractivity contribution in [2.45, 2.75) is 26.3 Å². The normalized spacial score (nSPS) is 15.8. The molecule has 5 rings (SSSR count). The number of hydrogen-bond acceptors (Lipinski definition) is 5. The molecule has 0 saturated carbocycles. The van der Waals surface area contributed by atoms with Crippen LogP contribution in [0.3, 0.4) is 0 Å². The van der Waals surface area contributed by atoms with Crippen LogP contribution >= 0.6 is 11.3 Å². The Bertz CT molecular complexity index is 1250. The molecule has 0 radical (unpaired) electrons. The van der Waals surface area contributed by atoms with E-state index in [4.69, 9.17) is 4.98 Å². The lowest BCUT2D eigenvalue weighted by atomic mass is 10.1. The number of aromatic nitrogens is 2. The second-order valence-electron chi connectivity index (χ2n) is 8.15. The number of pyridine rings is 1. The zero-order chi connectivity index (χ0) is 22.8. The Kier molecular flexibility index (Phi) is 5.88. The van der Waals surface area contributed by atoms with Crippen molar-refractivity contribution in [3.05, 3.63) is 84.2 Å². The van der Waals surface area contributed by atoms with Gasteiger partial charge in [-0.25, -0.2) is 4.98 Å². The predicted octanol–water partition coefficient (Wildman–Crippen LogP) is 4.97. The van der Waals surface area contributed by atoms with Gasteiger partial charge >= 0.3 is 0 Å². The van der Waals surface area contributed by atoms with Gasteiger partial charge < -0.3 is 4.90 Å². The van der Waals surface area contributed by atoms with Gasteiger partial charge in [0.1, 0.15) is 0 Å². The molecule has 0 bridgehead atoms. The van der Waals surface area contributed by atoms with Crippen LogP contribution in [-0.2, 0) is 22.6 Å². The number of hydrogen-bond donors (Lipinski definition) is 0. The molecule has 1 aliphatic heterocycles. The van der Waals surface area contributed by atoms with Crippen molar-refractivity contribution in [3.63, 3.8) is 0 Å². The molecule has 6 nitrogen and oxygen atoms in total. The van der Waals surface area contributed by atoms with E-state index >= 15 is 0 Å². The van der Waals surface area contributed by atoms with Gasteiger partial charge in [-0.2, -0.15) is 0 Å². The molecule has 1 unspecified atom stereocenters. The first-order valence-corrected chi connectivity index (χ1v) is 11.9.